The molecule has 37 heavy (non-hydrogen) atoms. The van der Waals surface area contributed by atoms with Crippen LogP contribution in [0.5, 0.6) is 0 Å². The number of hydrogen-bond donors (Lipinski definition) is 3. The Kier molecular flexibility index (Phi) is 5.95. The number of hydrogen-bond acceptors (Lipinski definition) is 6. The van der Waals surface area contributed by atoms with E-state index >= 15 is 0 Å². The van der Waals surface area contributed by atoms with E-state index < -0.39 is 18.8 Å². The van der Waals surface area contributed by atoms with E-state index in [0.717, 1.165) is 41.4 Å². The highest BCUT2D eigenvalue weighted by Gasteiger charge is 2.54. The first-order valence-corrected chi connectivity index (χ1v) is 12.6. The van der Waals surface area contributed by atoms with Gasteiger partial charge in [-0.05, 0) is 68.9 Å². The van der Waals surface area contributed by atoms with Crippen LogP contribution < -0.4 is 10.7 Å². The lowest BCUT2D eigenvalue weighted by Gasteiger charge is -2.25. The zero-order valence-corrected chi connectivity index (χ0v) is 20.7. The summed E-state index contributed by atoms with van der Waals surface area (Å²) >= 11 is 0. The van der Waals surface area contributed by atoms with E-state index in [0.29, 0.717) is 16.7 Å². The standard InChI is InChI=1S/C27H30F2N6O2/c1-27(2)36-24-17(12-20(25(24)37-27)35-10-9-18(30)23-26(35)33-14-32-23)6-4-15-3-5-16-7-8-22(31-13-21(28)29)34-19(16)11-15/h3,5,7-11,14,17,20-21,24-25,30H,4,6,12-13H2,1-2H3,(H,31,34)(H,32,33)/t17-,20+,24+,25-/m0/s1. The van der Waals surface area contributed by atoms with Crippen LogP contribution in [0.15, 0.2) is 48.9 Å². The van der Waals surface area contributed by atoms with Gasteiger partial charge in [0.25, 0.3) is 6.43 Å². The summed E-state index contributed by atoms with van der Waals surface area (Å²) in [7, 11) is 0. The summed E-state index contributed by atoms with van der Waals surface area (Å²) < 4.78 is 40.1. The molecule has 3 N–H and O–H groups in total. The van der Waals surface area contributed by atoms with Crippen LogP contribution in [0.2, 0.25) is 0 Å². The van der Waals surface area contributed by atoms with Crippen molar-refractivity contribution >= 4 is 27.9 Å². The molecule has 1 aromatic carbocycles. The quantitative estimate of drug-likeness (QED) is 0.334. The number of H-pyrrole nitrogens is 1. The van der Waals surface area contributed by atoms with Crippen LogP contribution >= 0.6 is 0 Å². The normalized spacial score (nSPS) is 24.8. The smallest absolute Gasteiger partial charge is 0.255 e. The number of alkyl halides is 2. The Bertz CT molecular complexity index is 1500. The van der Waals surface area contributed by atoms with Crippen LogP contribution in [-0.4, -0.2) is 50.5 Å². The van der Waals surface area contributed by atoms with E-state index in [2.05, 4.69) is 30.9 Å². The molecule has 194 valence electrons. The Morgan fingerprint density at radius 3 is 2.84 bits per heavy atom. The molecule has 0 amide bonds. The lowest BCUT2D eigenvalue weighted by atomic mass is 9.95. The van der Waals surface area contributed by atoms with Crippen LogP contribution in [0.4, 0.5) is 14.6 Å². The van der Waals surface area contributed by atoms with Gasteiger partial charge in [0.05, 0.1) is 35.9 Å². The first kappa shape index (κ1) is 24.0. The molecule has 2 fully saturated rings. The maximum Gasteiger partial charge on any atom is 0.255 e. The number of pyridine rings is 2. The number of fused-ring (bicyclic) bond motifs is 3. The largest absolute Gasteiger partial charge is 0.364 e. The van der Waals surface area contributed by atoms with E-state index in [9.17, 15) is 8.78 Å². The summed E-state index contributed by atoms with van der Waals surface area (Å²) in [4.78, 5) is 12.1. The lowest BCUT2D eigenvalue weighted by Crippen LogP contribution is -2.28. The molecule has 1 saturated heterocycles. The van der Waals surface area contributed by atoms with Crippen LogP contribution in [0.1, 0.15) is 38.3 Å². The summed E-state index contributed by atoms with van der Waals surface area (Å²) in [6.45, 7) is 3.49. The lowest BCUT2D eigenvalue weighted by molar-refractivity contribution is -0.160. The summed E-state index contributed by atoms with van der Waals surface area (Å²) in [6, 6.07) is 11.6. The fourth-order valence-corrected chi connectivity index (χ4v) is 5.82. The molecule has 1 saturated carbocycles. The third-order valence-corrected chi connectivity index (χ3v) is 7.44. The van der Waals surface area contributed by atoms with Gasteiger partial charge in [-0.2, -0.15) is 0 Å². The van der Waals surface area contributed by atoms with Gasteiger partial charge in [0.2, 0.25) is 0 Å². The predicted molar refractivity (Wildman–Crippen MR) is 135 cm³/mol. The van der Waals surface area contributed by atoms with Gasteiger partial charge in [-0.3, -0.25) is 5.41 Å². The minimum atomic E-state index is -2.43. The van der Waals surface area contributed by atoms with Crippen molar-refractivity contribution in [2.45, 2.75) is 63.6 Å². The van der Waals surface area contributed by atoms with E-state index in [1.165, 1.54) is 0 Å². The van der Waals surface area contributed by atoms with Gasteiger partial charge in [-0.1, -0.05) is 12.1 Å². The molecule has 1 aliphatic heterocycles. The number of aromatic nitrogens is 4. The number of benzene rings is 1. The molecule has 0 spiro atoms. The molecule has 0 bridgehead atoms. The molecule has 8 nitrogen and oxygen atoms in total. The number of nitrogens with zero attached hydrogens (tertiary/aromatic N) is 3. The maximum atomic E-state index is 12.6. The molecule has 3 aromatic heterocycles. The molecule has 0 unspecified atom stereocenters. The molecule has 4 atom stereocenters. The van der Waals surface area contributed by atoms with Crippen molar-refractivity contribution in [1.82, 2.24) is 19.5 Å². The third kappa shape index (κ3) is 4.59. The molecular formula is C27H30F2N6O2. The van der Waals surface area contributed by atoms with Gasteiger partial charge in [-0.15, -0.1) is 0 Å². The van der Waals surface area contributed by atoms with E-state index in [1.54, 1.807) is 18.5 Å². The summed E-state index contributed by atoms with van der Waals surface area (Å²) in [5.41, 5.74) is 3.39. The van der Waals surface area contributed by atoms with Crippen LogP contribution in [0.25, 0.3) is 22.1 Å². The molecule has 10 heteroatoms. The van der Waals surface area contributed by atoms with E-state index in [-0.39, 0.29) is 24.2 Å². The Hall–Kier alpha value is -3.37. The summed E-state index contributed by atoms with van der Waals surface area (Å²) in [6.07, 6.45) is 3.60. The fourth-order valence-electron chi connectivity index (χ4n) is 5.82. The fraction of sp³-hybridized carbons (Fsp3) is 0.444. The average molecular weight is 509 g/mol. The first-order valence-electron chi connectivity index (χ1n) is 12.6. The monoisotopic (exact) mass is 508 g/mol. The van der Waals surface area contributed by atoms with Crippen molar-refractivity contribution in [2.75, 3.05) is 11.9 Å². The van der Waals surface area contributed by atoms with Crippen LogP contribution in [0.3, 0.4) is 0 Å². The van der Waals surface area contributed by atoms with E-state index in [4.69, 9.17) is 14.9 Å². The molecule has 6 rings (SSSR count). The summed E-state index contributed by atoms with van der Waals surface area (Å²) in [5.74, 6) is 0.0590. The van der Waals surface area contributed by atoms with Gasteiger partial charge in [0.1, 0.15) is 17.4 Å². The van der Waals surface area contributed by atoms with Crippen LogP contribution in [-0.2, 0) is 15.9 Å². The number of aromatic amines is 1. The highest BCUT2D eigenvalue weighted by molar-refractivity contribution is 5.81. The van der Waals surface area contributed by atoms with Crippen molar-refractivity contribution in [1.29, 1.82) is 5.41 Å². The third-order valence-electron chi connectivity index (χ3n) is 7.44. The molecular weight excluding hydrogens is 478 g/mol. The van der Waals surface area contributed by atoms with Gasteiger partial charge in [0, 0.05) is 11.6 Å². The number of aryl methyl sites for hydroxylation is 1. The molecule has 4 aromatic rings. The Morgan fingerprint density at radius 2 is 2.00 bits per heavy atom. The highest BCUT2D eigenvalue weighted by Crippen LogP contribution is 2.48. The van der Waals surface area contributed by atoms with Gasteiger partial charge in [-0.25, -0.2) is 18.7 Å². The summed E-state index contributed by atoms with van der Waals surface area (Å²) in [5, 5.41) is 12.3. The minimum absolute atomic E-state index is 0.0408. The number of halogens is 2. The van der Waals surface area contributed by atoms with Crippen molar-refractivity contribution in [2.24, 2.45) is 5.92 Å². The Balaban J connectivity index is 1.23. The zero-order chi connectivity index (χ0) is 25.7. The van der Waals surface area contributed by atoms with E-state index in [1.807, 2.05) is 38.2 Å². The van der Waals surface area contributed by atoms with Crippen LogP contribution in [0, 0.1) is 11.3 Å². The Labute approximate surface area is 212 Å². The first-order chi connectivity index (χ1) is 17.8. The second-order valence-electron chi connectivity index (χ2n) is 10.4. The predicted octanol–water partition coefficient (Wildman–Crippen LogP) is 4.78. The minimum Gasteiger partial charge on any atom is -0.364 e. The molecule has 2 aliphatic rings. The number of imidazole rings is 1. The van der Waals surface area contributed by atoms with Crippen molar-refractivity contribution in [3.05, 3.63) is 59.8 Å². The second-order valence-corrected chi connectivity index (χ2v) is 10.4. The van der Waals surface area contributed by atoms with Crippen molar-refractivity contribution in [3.63, 3.8) is 0 Å². The molecule has 4 heterocycles. The van der Waals surface area contributed by atoms with Crippen molar-refractivity contribution < 1.29 is 18.3 Å². The number of nitrogens with one attached hydrogen (secondary N) is 3. The molecule has 1 aliphatic carbocycles. The zero-order valence-electron chi connectivity index (χ0n) is 20.7. The highest BCUT2D eigenvalue weighted by atomic mass is 19.3. The SMILES string of the molecule is CC1(C)O[C@@H]2[C@@H](CCc3ccc4ccc(NCC(F)F)nc4c3)C[C@@H](n3ccc(=N)c4[nH]cnc43)[C@@H]2O1. The number of anilines is 1. The maximum absolute atomic E-state index is 12.6. The number of rotatable bonds is 7. The second kappa shape index (κ2) is 9.18. The van der Waals surface area contributed by atoms with Gasteiger partial charge >= 0.3 is 0 Å². The van der Waals surface area contributed by atoms with Gasteiger partial charge in [0.15, 0.2) is 11.4 Å². The van der Waals surface area contributed by atoms with Crippen molar-refractivity contribution in [3.8, 4) is 0 Å². The molecule has 0 radical (unpaired) electrons. The average Bonchev–Trinajstić information content (AvgIpc) is 3.56. The topological polar surface area (TPSA) is 101 Å². The van der Waals surface area contributed by atoms with Gasteiger partial charge < -0.3 is 24.3 Å². The number of ether oxygens (including phenoxy) is 2. The Morgan fingerprint density at radius 1 is 1.19 bits per heavy atom.